The van der Waals surface area contributed by atoms with Gasteiger partial charge in [-0.2, -0.15) is 0 Å². The highest BCUT2D eigenvalue weighted by Gasteiger charge is 2.12. The number of thiophene rings is 1. The summed E-state index contributed by atoms with van der Waals surface area (Å²) in [4.78, 5) is 13.3. The van der Waals surface area contributed by atoms with Gasteiger partial charge in [0.25, 0.3) is 0 Å². The highest BCUT2D eigenvalue weighted by Crippen LogP contribution is 2.22. The van der Waals surface area contributed by atoms with Gasteiger partial charge in [0.15, 0.2) is 5.78 Å². The number of carbonyl (C=O) groups excluding carboxylic acids is 1. The van der Waals surface area contributed by atoms with Crippen molar-refractivity contribution in [3.63, 3.8) is 0 Å². The van der Waals surface area contributed by atoms with Gasteiger partial charge < -0.3 is 4.74 Å². The van der Waals surface area contributed by atoms with Crippen molar-refractivity contribution < 1.29 is 9.53 Å². The molecule has 0 aliphatic heterocycles. The summed E-state index contributed by atoms with van der Waals surface area (Å²) in [6.07, 6.45) is 0. The summed E-state index contributed by atoms with van der Waals surface area (Å²) in [7, 11) is 1.62. The van der Waals surface area contributed by atoms with Crippen molar-refractivity contribution in [1.82, 2.24) is 0 Å². The molecular formula is C14H14O2S. The fourth-order valence-corrected chi connectivity index (χ4v) is 2.37. The molecule has 0 aliphatic carbocycles. The van der Waals surface area contributed by atoms with E-state index in [4.69, 9.17) is 4.74 Å². The highest BCUT2D eigenvalue weighted by atomic mass is 32.1. The SMILES string of the molecule is COc1cc(C(=O)c2csc(C)c2)ccc1C. The lowest BCUT2D eigenvalue weighted by molar-refractivity contribution is 0.103. The van der Waals surface area contributed by atoms with Crippen LogP contribution in [0.1, 0.15) is 26.4 Å². The Labute approximate surface area is 105 Å². The number of hydrogen-bond donors (Lipinski definition) is 0. The molecule has 1 aromatic carbocycles. The molecule has 0 saturated heterocycles. The second-order valence-corrected chi connectivity index (χ2v) is 5.07. The number of ketones is 1. The number of methoxy groups -OCH3 is 1. The van der Waals surface area contributed by atoms with Crippen molar-refractivity contribution in [2.24, 2.45) is 0 Å². The summed E-state index contributed by atoms with van der Waals surface area (Å²) in [5.74, 6) is 0.801. The van der Waals surface area contributed by atoms with Gasteiger partial charge in [-0.05, 0) is 31.5 Å². The van der Waals surface area contributed by atoms with Gasteiger partial charge in [0, 0.05) is 21.4 Å². The van der Waals surface area contributed by atoms with Gasteiger partial charge in [0.05, 0.1) is 7.11 Å². The number of benzene rings is 1. The lowest BCUT2D eigenvalue weighted by Crippen LogP contribution is -2.00. The third-order valence-corrected chi connectivity index (χ3v) is 3.52. The highest BCUT2D eigenvalue weighted by molar-refractivity contribution is 7.10. The van der Waals surface area contributed by atoms with E-state index in [9.17, 15) is 4.79 Å². The van der Waals surface area contributed by atoms with Crippen LogP contribution in [0.4, 0.5) is 0 Å². The Morgan fingerprint density at radius 2 is 1.94 bits per heavy atom. The van der Waals surface area contributed by atoms with E-state index in [0.29, 0.717) is 5.56 Å². The van der Waals surface area contributed by atoms with Crippen molar-refractivity contribution >= 4 is 17.1 Å². The minimum Gasteiger partial charge on any atom is -0.496 e. The molecule has 0 aliphatic rings. The molecule has 1 heterocycles. The summed E-state index contributed by atoms with van der Waals surface area (Å²) in [5, 5.41) is 1.89. The molecule has 0 bridgehead atoms. The normalized spacial score (nSPS) is 10.3. The second kappa shape index (κ2) is 4.72. The molecule has 0 amide bonds. The Balaban J connectivity index is 2.37. The van der Waals surface area contributed by atoms with Crippen LogP contribution in [-0.2, 0) is 0 Å². The Kier molecular flexibility index (Phi) is 3.29. The monoisotopic (exact) mass is 246 g/mol. The van der Waals surface area contributed by atoms with Crippen molar-refractivity contribution in [2.45, 2.75) is 13.8 Å². The molecular weight excluding hydrogens is 232 g/mol. The zero-order valence-electron chi connectivity index (χ0n) is 10.1. The number of ether oxygens (including phenoxy) is 1. The van der Waals surface area contributed by atoms with Gasteiger partial charge in [-0.15, -0.1) is 11.3 Å². The minimum atomic E-state index is 0.0488. The van der Waals surface area contributed by atoms with Crippen LogP contribution in [0.25, 0.3) is 0 Å². The molecule has 0 unspecified atom stereocenters. The largest absolute Gasteiger partial charge is 0.496 e. The number of hydrogen-bond acceptors (Lipinski definition) is 3. The molecule has 0 spiro atoms. The van der Waals surface area contributed by atoms with Crippen LogP contribution < -0.4 is 4.74 Å². The van der Waals surface area contributed by atoms with E-state index in [-0.39, 0.29) is 5.78 Å². The number of aryl methyl sites for hydroxylation is 2. The van der Waals surface area contributed by atoms with Crippen LogP contribution in [-0.4, -0.2) is 12.9 Å². The van der Waals surface area contributed by atoms with Crippen molar-refractivity contribution in [2.75, 3.05) is 7.11 Å². The zero-order valence-corrected chi connectivity index (χ0v) is 10.9. The van der Waals surface area contributed by atoms with Gasteiger partial charge in [0.2, 0.25) is 0 Å². The maximum atomic E-state index is 12.2. The summed E-state index contributed by atoms with van der Waals surface area (Å²) in [6.45, 7) is 3.96. The molecule has 88 valence electrons. The van der Waals surface area contributed by atoms with Crippen LogP contribution in [0, 0.1) is 13.8 Å². The van der Waals surface area contributed by atoms with Gasteiger partial charge in [-0.25, -0.2) is 0 Å². The predicted molar refractivity (Wildman–Crippen MR) is 70.2 cm³/mol. The third-order valence-electron chi connectivity index (χ3n) is 2.66. The predicted octanol–water partition coefficient (Wildman–Crippen LogP) is 3.60. The van der Waals surface area contributed by atoms with Gasteiger partial charge in [0.1, 0.15) is 5.75 Å². The average molecular weight is 246 g/mol. The molecule has 2 aromatic rings. The molecule has 0 fully saturated rings. The first-order valence-electron chi connectivity index (χ1n) is 5.36. The fraction of sp³-hybridized carbons (Fsp3) is 0.214. The van der Waals surface area contributed by atoms with Gasteiger partial charge in [-0.1, -0.05) is 12.1 Å². The quantitative estimate of drug-likeness (QED) is 0.773. The lowest BCUT2D eigenvalue weighted by Gasteiger charge is -2.06. The molecule has 2 rings (SSSR count). The van der Waals surface area contributed by atoms with Crippen molar-refractivity contribution in [3.8, 4) is 5.75 Å². The molecule has 2 nitrogen and oxygen atoms in total. The standard InChI is InChI=1S/C14H14O2S/c1-9-4-5-11(7-13(9)16-3)14(15)12-6-10(2)17-8-12/h4-8H,1-3H3. The van der Waals surface area contributed by atoms with E-state index >= 15 is 0 Å². The van der Waals surface area contributed by atoms with Gasteiger partial charge >= 0.3 is 0 Å². The second-order valence-electron chi connectivity index (χ2n) is 3.96. The average Bonchev–Trinajstić information content (AvgIpc) is 2.75. The number of rotatable bonds is 3. The first-order chi connectivity index (χ1) is 8.11. The van der Waals surface area contributed by atoms with E-state index in [1.54, 1.807) is 24.5 Å². The maximum absolute atomic E-state index is 12.2. The third kappa shape index (κ3) is 2.39. The Morgan fingerprint density at radius 3 is 2.53 bits per heavy atom. The molecule has 3 heteroatoms. The van der Waals surface area contributed by atoms with Crippen molar-refractivity contribution in [3.05, 3.63) is 51.2 Å². The summed E-state index contributed by atoms with van der Waals surface area (Å²) in [5.41, 5.74) is 2.45. The molecule has 0 atom stereocenters. The summed E-state index contributed by atoms with van der Waals surface area (Å²) in [6, 6.07) is 7.46. The van der Waals surface area contributed by atoms with E-state index < -0.39 is 0 Å². The van der Waals surface area contributed by atoms with Crippen LogP contribution >= 0.6 is 11.3 Å². The van der Waals surface area contributed by atoms with Crippen LogP contribution in [0.2, 0.25) is 0 Å². The van der Waals surface area contributed by atoms with Crippen LogP contribution in [0.3, 0.4) is 0 Å². The van der Waals surface area contributed by atoms with E-state index in [0.717, 1.165) is 21.8 Å². The molecule has 1 aromatic heterocycles. The lowest BCUT2D eigenvalue weighted by atomic mass is 10.0. The molecule has 0 saturated carbocycles. The summed E-state index contributed by atoms with van der Waals surface area (Å²) < 4.78 is 5.23. The number of carbonyl (C=O) groups is 1. The summed E-state index contributed by atoms with van der Waals surface area (Å²) >= 11 is 1.59. The zero-order chi connectivity index (χ0) is 12.4. The smallest absolute Gasteiger partial charge is 0.194 e. The Bertz CT molecular complexity index is 555. The molecule has 0 N–H and O–H groups in total. The Morgan fingerprint density at radius 1 is 1.18 bits per heavy atom. The van der Waals surface area contributed by atoms with E-state index in [2.05, 4.69) is 0 Å². The van der Waals surface area contributed by atoms with Crippen LogP contribution in [0.5, 0.6) is 5.75 Å². The fourth-order valence-electron chi connectivity index (χ4n) is 1.69. The topological polar surface area (TPSA) is 26.3 Å². The first kappa shape index (κ1) is 11.9. The Hall–Kier alpha value is -1.61. The maximum Gasteiger partial charge on any atom is 0.194 e. The minimum absolute atomic E-state index is 0.0488. The molecule has 0 radical (unpaired) electrons. The van der Waals surface area contributed by atoms with Gasteiger partial charge in [-0.3, -0.25) is 4.79 Å². The van der Waals surface area contributed by atoms with E-state index in [1.165, 1.54) is 0 Å². The molecule has 17 heavy (non-hydrogen) atoms. The first-order valence-corrected chi connectivity index (χ1v) is 6.24. The van der Waals surface area contributed by atoms with Crippen LogP contribution in [0.15, 0.2) is 29.6 Å². The van der Waals surface area contributed by atoms with Crippen molar-refractivity contribution in [1.29, 1.82) is 0 Å². The van der Waals surface area contributed by atoms with E-state index in [1.807, 2.05) is 37.4 Å².